The molecular weight excluding hydrogens is 321 g/mol. The van der Waals surface area contributed by atoms with E-state index in [1.54, 1.807) is 10.9 Å². The summed E-state index contributed by atoms with van der Waals surface area (Å²) in [6.07, 6.45) is 3.27. The lowest BCUT2D eigenvalue weighted by atomic mass is 10.0. The number of carbonyl (C=O) groups excluding carboxylic acids is 1. The van der Waals surface area contributed by atoms with Crippen LogP contribution in [0.1, 0.15) is 32.3 Å². The monoisotopic (exact) mass is 339 g/mol. The van der Waals surface area contributed by atoms with Crippen LogP contribution in [0.2, 0.25) is 10.0 Å². The molecule has 2 aromatic rings. The van der Waals surface area contributed by atoms with E-state index in [1.165, 1.54) is 0 Å². The van der Waals surface area contributed by atoms with Gasteiger partial charge in [-0.3, -0.25) is 9.48 Å². The van der Waals surface area contributed by atoms with E-state index >= 15 is 0 Å². The van der Waals surface area contributed by atoms with Crippen LogP contribution in [0.25, 0.3) is 0 Å². The predicted octanol–water partition coefficient (Wildman–Crippen LogP) is 4.61. The maximum atomic E-state index is 12.1. The normalized spacial score (nSPS) is 11.0. The predicted molar refractivity (Wildman–Crippen MR) is 90.5 cm³/mol. The molecule has 4 nitrogen and oxygen atoms in total. The number of nitrogens with zero attached hydrogens (tertiary/aromatic N) is 2. The number of carbonyl (C=O) groups is 1. The lowest BCUT2D eigenvalue weighted by Gasteiger charge is -2.11. The summed E-state index contributed by atoms with van der Waals surface area (Å²) in [5.41, 5.74) is 0.946. The van der Waals surface area contributed by atoms with Crippen LogP contribution in [-0.4, -0.2) is 15.7 Å². The zero-order valence-corrected chi connectivity index (χ0v) is 14.2. The highest BCUT2D eigenvalue weighted by Gasteiger charge is 2.17. The Bertz CT molecular complexity index is 651. The molecule has 0 aliphatic rings. The Hall–Kier alpha value is -1.52. The SMILES string of the molecule is CCC(CC)C(=O)Nc1nn(Cc2ccccc2Cl)cc1Cl. The average Bonchev–Trinajstić information content (AvgIpc) is 2.82. The molecule has 2 rings (SSSR count). The van der Waals surface area contributed by atoms with Gasteiger partial charge in [-0.25, -0.2) is 0 Å². The number of amides is 1. The number of hydrogen-bond donors (Lipinski definition) is 1. The molecule has 1 amide bonds. The molecule has 0 atom stereocenters. The van der Waals surface area contributed by atoms with Crippen molar-refractivity contribution in [2.45, 2.75) is 33.2 Å². The van der Waals surface area contributed by atoms with Gasteiger partial charge < -0.3 is 5.32 Å². The van der Waals surface area contributed by atoms with Gasteiger partial charge in [0.25, 0.3) is 0 Å². The number of rotatable bonds is 6. The van der Waals surface area contributed by atoms with Crippen molar-refractivity contribution in [3.63, 3.8) is 0 Å². The molecule has 1 heterocycles. The van der Waals surface area contributed by atoms with Gasteiger partial charge in [-0.15, -0.1) is 0 Å². The molecule has 22 heavy (non-hydrogen) atoms. The highest BCUT2D eigenvalue weighted by molar-refractivity contribution is 6.33. The summed E-state index contributed by atoms with van der Waals surface area (Å²) in [5, 5.41) is 8.23. The van der Waals surface area contributed by atoms with Crippen LogP contribution in [0.5, 0.6) is 0 Å². The average molecular weight is 340 g/mol. The molecule has 0 spiro atoms. The standard InChI is InChI=1S/C16H19Cl2N3O/c1-3-11(4-2)16(22)19-15-14(18)10-21(20-15)9-12-7-5-6-8-13(12)17/h5-8,10-11H,3-4,9H2,1-2H3,(H,19,20,22). The van der Waals surface area contributed by atoms with Gasteiger partial charge in [-0.2, -0.15) is 5.10 Å². The number of hydrogen-bond acceptors (Lipinski definition) is 2. The summed E-state index contributed by atoms with van der Waals surface area (Å²) in [4.78, 5) is 12.1. The minimum Gasteiger partial charge on any atom is -0.308 e. The Kier molecular flexibility index (Phi) is 5.86. The fourth-order valence-electron chi connectivity index (χ4n) is 2.24. The molecule has 0 unspecified atom stereocenters. The van der Waals surface area contributed by atoms with Gasteiger partial charge in [0.15, 0.2) is 5.82 Å². The van der Waals surface area contributed by atoms with Crippen molar-refractivity contribution in [3.8, 4) is 0 Å². The van der Waals surface area contributed by atoms with E-state index < -0.39 is 0 Å². The Morgan fingerprint density at radius 1 is 1.23 bits per heavy atom. The third kappa shape index (κ3) is 4.02. The van der Waals surface area contributed by atoms with Crippen molar-refractivity contribution < 1.29 is 4.79 Å². The number of benzene rings is 1. The zero-order chi connectivity index (χ0) is 16.1. The molecule has 118 valence electrons. The van der Waals surface area contributed by atoms with Crippen molar-refractivity contribution in [3.05, 3.63) is 46.1 Å². The van der Waals surface area contributed by atoms with Gasteiger partial charge in [0, 0.05) is 17.1 Å². The molecule has 0 radical (unpaired) electrons. The second-order valence-corrected chi connectivity index (χ2v) is 5.93. The van der Waals surface area contributed by atoms with Crippen molar-refractivity contribution in [1.82, 2.24) is 9.78 Å². The van der Waals surface area contributed by atoms with Gasteiger partial charge in [-0.05, 0) is 24.5 Å². The van der Waals surface area contributed by atoms with Gasteiger partial charge in [0.05, 0.1) is 6.54 Å². The molecule has 1 aromatic heterocycles. The van der Waals surface area contributed by atoms with Crippen LogP contribution in [0, 0.1) is 5.92 Å². The molecule has 1 aromatic carbocycles. The van der Waals surface area contributed by atoms with Crippen LogP contribution in [0.15, 0.2) is 30.5 Å². The maximum absolute atomic E-state index is 12.1. The third-order valence-corrected chi connectivity index (χ3v) is 4.25. The molecule has 1 N–H and O–H groups in total. The summed E-state index contributed by atoms with van der Waals surface area (Å²) < 4.78 is 1.67. The lowest BCUT2D eigenvalue weighted by Crippen LogP contribution is -2.22. The van der Waals surface area contributed by atoms with Crippen molar-refractivity contribution in [1.29, 1.82) is 0 Å². The second-order valence-electron chi connectivity index (χ2n) is 5.12. The molecule has 0 aliphatic heterocycles. The van der Waals surface area contributed by atoms with Crippen LogP contribution in [0.4, 0.5) is 5.82 Å². The van der Waals surface area contributed by atoms with E-state index in [4.69, 9.17) is 23.2 Å². The second kappa shape index (κ2) is 7.65. The summed E-state index contributed by atoms with van der Waals surface area (Å²) in [6.45, 7) is 4.48. The smallest absolute Gasteiger partial charge is 0.228 e. The van der Waals surface area contributed by atoms with Gasteiger partial charge >= 0.3 is 0 Å². The Balaban J connectivity index is 2.11. The van der Waals surface area contributed by atoms with Gasteiger partial charge in [0.2, 0.25) is 5.91 Å². The van der Waals surface area contributed by atoms with E-state index in [9.17, 15) is 4.79 Å². The quantitative estimate of drug-likeness (QED) is 0.834. The van der Waals surface area contributed by atoms with Crippen molar-refractivity contribution in [2.75, 3.05) is 5.32 Å². The Labute approximate surface area is 140 Å². The molecule has 0 fully saturated rings. The lowest BCUT2D eigenvalue weighted by molar-refractivity contribution is -0.120. The van der Waals surface area contributed by atoms with Crippen LogP contribution >= 0.6 is 23.2 Å². The fraction of sp³-hybridized carbons (Fsp3) is 0.375. The van der Waals surface area contributed by atoms with E-state index in [1.807, 2.05) is 38.1 Å². The zero-order valence-electron chi connectivity index (χ0n) is 12.6. The highest BCUT2D eigenvalue weighted by Crippen LogP contribution is 2.23. The maximum Gasteiger partial charge on any atom is 0.228 e. The largest absolute Gasteiger partial charge is 0.308 e. The Morgan fingerprint density at radius 2 is 1.91 bits per heavy atom. The van der Waals surface area contributed by atoms with E-state index in [2.05, 4.69) is 10.4 Å². The first-order chi connectivity index (χ1) is 10.5. The van der Waals surface area contributed by atoms with Crippen LogP contribution < -0.4 is 5.32 Å². The van der Waals surface area contributed by atoms with E-state index in [0.717, 1.165) is 18.4 Å². The molecule has 0 saturated carbocycles. The van der Waals surface area contributed by atoms with Crippen molar-refractivity contribution >= 4 is 34.9 Å². The van der Waals surface area contributed by atoms with Gasteiger partial charge in [0.1, 0.15) is 5.02 Å². The third-order valence-electron chi connectivity index (χ3n) is 3.61. The summed E-state index contributed by atoms with van der Waals surface area (Å²) >= 11 is 12.3. The molecule has 0 saturated heterocycles. The number of aromatic nitrogens is 2. The van der Waals surface area contributed by atoms with E-state index in [0.29, 0.717) is 22.4 Å². The van der Waals surface area contributed by atoms with Crippen molar-refractivity contribution in [2.24, 2.45) is 5.92 Å². The number of halogens is 2. The highest BCUT2D eigenvalue weighted by atomic mass is 35.5. The number of nitrogens with one attached hydrogen (secondary N) is 1. The molecule has 6 heteroatoms. The number of anilines is 1. The molecular formula is C16H19Cl2N3O. The summed E-state index contributed by atoms with van der Waals surface area (Å²) in [6, 6.07) is 7.56. The first-order valence-electron chi connectivity index (χ1n) is 7.32. The van der Waals surface area contributed by atoms with E-state index in [-0.39, 0.29) is 11.8 Å². The Morgan fingerprint density at radius 3 is 2.55 bits per heavy atom. The summed E-state index contributed by atoms with van der Waals surface area (Å²) in [5.74, 6) is 0.324. The molecule has 0 aliphatic carbocycles. The topological polar surface area (TPSA) is 46.9 Å². The minimum atomic E-state index is -0.0464. The first-order valence-corrected chi connectivity index (χ1v) is 8.08. The van der Waals surface area contributed by atoms with Crippen LogP contribution in [-0.2, 0) is 11.3 Å². The fourth-order valence-corrected chi connectivity index (χ4v) is 2.64. The first kappa shape index (κ1) is 16.8. The van der Waals surface area contributed by atoms with Gasteiger partial charge in [-0.1, -0.05) is 55.2 Å². The molecule has 0 bridgehead atoms. The summed E-state index contributed by atoms with van der Waals surface area (Å²) in [7, 11) is 0. The minimum absolute atomic E-state index is 0.0233. The van der Waals surface area contributed by atoms with Crippen LogP contribution in [0.3, 0.4) is 0 Å².